The van der Waals surface area contributed by atoms with Crippen molar-refractivity contribution in [1.29, 1.82) is 0 Å². The first kappa shape index (κ1) is 26.8. The van der Waals surface area contributed by atoms with Crippen molar-refractivity contribution in [2.24, 2.45) is 11.8 Å². The average Bonchev–Trinajstić information content (AvgIpc) is 3.20. The van der Waals surface area contributed by atoms with Gasteiger partial charge in [0.2, 0.25) is 5.91 Å². The first-order valence-electron chi connectivity index (χ1n) is 13.0. The number of imidazole rings is 1. The van der Waals surface area contributed by atoms with E-state index in [1.165, 1.54) is 12.5 Å². The number of nitrogens with zero attached hydrogens (tertiary/aromatic N) is 4. The fourth-order valence-electron chi connectivity index (χ4n) is 4.64. The van der Waals surface area contributed by atoms with Crippen molar-refractivity contribution >= 4 is 22.9 Å². The van der Waals surface area contributed by atoms with Gasteiger partial charge in [-0.15, -0.1) is 0 Å². The third-order valence-electron chi connectivity index (χ3n) is 6.75. The molecule has 1 aliphatic heterocycles. The summed E-state index contributed by atoms with van der Waals surface area (Å²) in [6.45, 7) is 7.91. The molecule has 4 rings (SSSR count). The predicted molar refractivity (Wildman–Crippen MR) is 141 cm³/mol. The number of piperidine rings is 1. The van der Waals surface area contributed by atoms with Gasteiger partial charge in [0.15, 0.2) is 11.5 Å². The molecule has 0 atom stereocenters. The smallest absolute Gasteiger partial charge is 0.328 e. The van der Waals surface area contributed by atoms with Crippen LogP contribution in [0.2, 0.25) is 0 Å². The van der Waals surface area contributed by atoms with Gasteiger partial charge in [-0.2, -0.15) is 9.97 Å². The number of aromatic amines is 1. The van der Waals surface area contributed by atoms with E-state index in [2.05, 4.69) is 44.2 Å². The molecule has 37 heavy (non-hydrogen) atoms. The predicted octanol–water partition coefficient (Wildman–Crippen LogP) is 2.80. The molecule has 0 unspecified atom stereocenters. The monoisotopic (exact) mass is 511 g/mol. The van der Waals surface area contributed by atoms with E-state index in [4.69, 9.17) is 15.5 Å². The van der Waals surface area contributed by atoms with Crippen molar-refractivity contribution < 1.29 is 14.4 Å². The number of ether oxygens (including phenoxy) is 1. The summed E-state index contributed by atoms with van der Waals surface area (Å²) >= 11 is 0. The molecule has 3 heterocycles. The van der Waals surface area contributed by atoms with Crippen LogP contribution in [0, 0.1) is 5.92 Å². The Morgan fingerprint density at radius 2 is 1.84 bits per heavy atom. The van der Waals surface area contributed by atoms with Crippen molar-refractivity contribution in [3.63, 3.8) is 0 Å². The van der Waals surface area contributed by atoms with Crippen LogP contribution in [0.3, 0.4) is 0 Å². The number of hydrogen-bond acceptors (Lipinski definition) is 8. The van der Waals surface area contributed by atoms with Crippen molar-refractivity contribution in [1.82, 2.24) is 24.4 Å². The lowest BCUT2D eigenvalue weighted by Crippen LogP contribution is -2.33. The zero-order chi connectivity index (χ0) is 26.2. The van der Waals surface area contributed by atoms with Crippen LogP contribution in [0.1, 0.15) is 57.1 Å². The van der Waals surface area contributed by atoms with Crippen LogP contribution in [-0.4, -0.2) is 56.6 Å². The number of amides is 1. The largest absolute Gasteiger partial charge is 0.463 e. The third kappa shape index (κ3) is 7.15. The van der Waals surface area contributed by atoms with Crippen molar-refractivity contribution in [3.8, 4) is 6.01 Å². The maximum absolute atomic E-state index is 12.8. The minimum Gasteiger partial charge on any atom is -0.463 e. The molecule has 0 aliphatic carbocycles. The zero-order valence-corrected chi connectivity index (χ0v) is 21.7. The van der Waals surface area contributed by atoms with E-state index in [-0.39, 0.29) is 23.4 Å². The maximum atomic E-state index is 12.8. The normalized spacial score (nSPS) is 14.8. The molecule has 3 aromatic rings. The van der Waals surface area contributed by atoms with E-state index in [0.29, 0.717) is 36.8 Å². The first-order valence-corrected chi connectivity index (χ1v) is 13.0. The van der Waals surface area contributed by atoms with Gasteiger partial charge < -0.3 is 19.9 Å². The number of H-pyrrole nitrogens is 1. The Morgan fingerprint density at radius 3 is 2.49 bits per heavy atom. The Labute approximate surface area is 216 Å². The summed E-state index contributed by atoms with van der Waals surface area (Å²) in [6, 6.07) is 8.44. The van der Waals surface area contributed by atoms with Crippen molar-refractivity contribution in [2.45, 2.75) is 59.0 Å². The van der Waals surface area contributed by atoms with Crippen LogP contribution < -0.4 is 21.6 Å². The number of unbranched alkanes of at least 4 members (excludes halogenated alkanes) is 1. The van der Waals surface area contributed by atoms with Gasteiger partial charge in [-0.1, -0.05) is 37.6 Å². The van der Waals surface area contributed by atoms with Gasteiger partial charge >= 0.3 is 11.7 Å². The molecule has 1 aliphatic rings. The number of benzene rings is 1. The van der Waals surface area contributed by atoms with Gasteiger partial charge in [-0.25, -0.2) is 10.7 Å². The van der Waals surface area contributed by atoms with Gasteiger partial charge in [-0.05, 0) is 55.8 Å². The molecule has 0 saturated carbocycles. The fraction of sp³-hybridized carbons (Fsp3) is 0.538. The highest BCUT2D eigenvalue weighted by atomic mass is 16.6. The Morgan fingerprint density at radius 1 is 1.14 bits per heavy atom. The Balaban J connectivity index is 1.47. The second kappa shape index (κ2) is 12.8. The SMILES string of the molecule is CCCCOc1nc(NC(C)=O)c2[nH]c(=O)n(Cc3ccc(CN4CCC(CCON)CC4)cc3)c2n1. The van der Waals surface area contributed by atoms with Gasteiger partial charge in [0.1, 0.15) is 5.52 Å². The molecule has 1 aromatic carbocycles. The van der Waals surface area contributed by atoms with Crippen molar-refractivity contribution in [3.05, 3.63) is 45.9 Å². The van der Waals surface area contributed by atoms with Crippen LogP contribution in [0.5, 0.6) is 6.01 Å². The molecule has 0 bridgehead atoms. The fourth-order valence-corrected chi connectivity index (χ4v) is 4.64. The molecule has 4 N–H and O–H groups in total. The summed E-state index contributed by atoms with van der Waals surface area (Å²) in [5, 5.41) is 2.67. The molecule has 200 valence electrons. The summed E-state index contributed by atoms with van der Waals surface area (Å²) in [6.07, 6.45) is 5.17. The number of likely N-dealkylation sites (tertiary alicyclic amines) is 1. The Hall–Kier alpha value is -3.28. The molecule has 0 spiro atoms. The zero-order valence-electron chi connectivity index (χ0n) is 21.7. The maximum Gasteiger partial charge on any atom is 0.328 e. The van der Waals surface area contributed by atoms with E-state index in [1.807, 2.05) is 12.1 Å². The van der Waals surface area contributed by atoms with E-state index in [1.54, 1.807) is 4.57 Å². The van der Waals surface area contributed by atoms with Gasteiger partial charge in [0.25, 0.3) is 0 Å². The quantitative estimate of drug-likeness (QED) is 0.249. The third-order valence-corrected chi connectivity index (χ3v) is 6.75. The molecular formula is C26H37N7O4. The summed E-state index contributed by atoms with van der Waals surface area (Å²) in [4.78, 5) is 43.3. The second-order valence-electron chi connectivity index (χ2n) is 9.65. The Bertz CT molecular complexity index is 1230. The number of nitrogens with two attached hydrogens (primary N) is 1. The number of nitrogens with one attached hydrogen (secondary N) is 2. The van der Waals surface area contributed by atoms with E-state index in [0.717, 1.165) is 57.3 Å². The lowest BCUT2D eigenvalue weighted by Gasteiger charge is -2.31. The molecule has 2 aromatic heterocycles. The van der Waals surface area contributed by atoms with E-state index in [9.17, 15) is 9.59 Å². The molecule has 1 amide bonds. The van der Waals surface area contributed by atoms with Crippen molar-refractivity contribution in [2.75, 3.05) is 31.6 Å². The van der Waals surface area contributed by atoms with E-state index >= 15 is 0 Å². The lowest BCUT2D eigenvalue weighted by molar-refractivity contribution is -0.114. The highest BCUT2D eigenvalue weighted by Crippen LogP contribution is 2.23. The van der Waals surface area contributed by atoms with Crippen LogP contribution in [0.25, 0.3) is 11.2 Å². The van der Waals surface area contributed by atoms with Crippen LogP contribution in [0.4, 0.5) is 5.82 Å². The van der Waals surface area contributed by atoms with E-state index < -0.39 is 0 Å². The highest BCUT2D eigenvalue weighted by molar-refractivity contribution is 5.95. The van der Waals surface area contributed by atoms with Gasteiger partial charge in [0.05, 0.1) is 19.8 Å². The molecular weight excluding hydrogens is 474 g/mol. The standard InChI is InChI=1S/C26H37N7O4/c1-3-4-14-36-25-30-23(28-18(2)34)22-24(31-25)33(26(35)29-22)17-21-7-5-20(6-8-21)16-32-12-9-19(10-13-32)11-15-37-27/h5-8,19H,3-4,9-17,27H2,1-2H3,(H,29,35)(H,28,30,31,34). The highest BCUT2D eigenvalue weighted by Gasteiger charge is 2.20. The molecule has 11 nitrogen and oxygen atoms in total. The number of rotatable bonds is 12. The summed E-state index contributed by atoms with van der Waals surface area (Å²) in [5.41, 5.74) is 2.65. The average molecular weight is 512 g/mol. The second-order valence-corrected chi connectivity index (χ2v) is 9.65. The summed E-state index contributed by atoms with van der Waals surface area (Å²) in [5.74, 6) is 5.78. The molecule has 0 radical (unpaired) electrons. The van der Waals surface area contributed by atoms with Crippen LogP contribution >= 0.6 is 0 Å². The molecule has 1 fully saturated rings. The molecule has 11 heteroatoms. The topological polar surface area (TPSA) is 140 Å². The molecule has 1 saturated heterocycles. The lowest BCUT2D eigenvalue weighted by atomic mass is 9.93. The van der Waals surface area contributed by atoms with Gasteiger partial charge in [0, 0.05) is 13.5 Å². The number of carbonyl (C=O) groups excluding carboxylic acids is 1. The van der Waals surface area contributed by atoms with Crippen LogP contribution in [0.15, 0.2) is 29.1 Å². The number of fused-ring (bicyclic) bond motifs is 1. The number of hydrogen-bond donors (Lipinski definition) is 3. The first-order chi connectivity index (χ1) is 18.0. The summed E-state index contributed by atoms with van der Waals surface area (Å²) in [7, 11) is 0. The summed E-state index contributed by atoms with van der Waals surface area (Å²) < 4.78 is 7.23. The number of carbonyl (C=O) groups is 1. The Kier molecular flexibility index (Phi) is 9.26. The minimum atomic E-state index is -0.325. The van der Waals surface area contributed by atoms with Gasteiger partial charge in [-0.3, -0.25) is 14.3 Å². The number of anilines is 1. The van der Waals surface area contributed by atoms with Crippen LogP contribution in [-0.2, 0) is 22.7 Å². The minimum absolute atomic E-state index is 0.132. The number of aromatic nitrogens is 4.